The van der Waals surface area contributed by atoms with E-state index in [1.165, 1.54) is 11.3 Å². The van der Waals surface area contributed by atoms with Gasteiger partial charge in [0.25, 0.3) is 5.91 Å². The molecule has 134 valence electrons. The molecule has 1 aromatic carbocycles. The largest absolute Gasteiger partial charge is 0.493 e. The van der Waals surface area contributed by atoms with Crippen LogP contribution in [0.4, 0.5) is 0 Å². The Hall–Kier alpha value is -1.96. The fourth-order valence-corrected chi connectivity index (χ4v) is 3.23. The van der Waals surface area contributed by atoms with Crippen molar-refractivity contribution in [1.82, 2.24) is 15.4 Å². The first-order valence-electron chi connectivity index (χ1n) is 8.45. The fourth-order valence-electron chi connectivity index (χ4n) is 2.40. The zero-order valence-electron chi connectivity index (χ0n) is 14.5. The first-order chi connectivity index (χ1) is 12.1. The van der Waals surface area contributed by atoms with Gasteiger partial charge in [-0.25, -0.2) is 9.99 Å². The van der Waals surface area contributed by atoms with Gasteiger partial charge in [0.15, 0.2) is 0 Å². The third-order valence-corrected chi connectivity index (χ3v) is 4.57. The minimum atomic E-state index is -0.190. The lowest BCUT2D eigenvalue weighted by molar-refractivity contribution is 0.0125. The predicted molar refractivity (Wildman–Crippen MR) is 97.7 cm³/mol. The number of hydrogen-bond acceptors (Lipinski definition) is 6. The molecule has 1 N–H and O–H groups in total. The van der Waals surface area contributed by atoms with Gasteiger partial charge in [-0.3, -0.25) is 10.2 Å². The lowest BCUT2D eigenvalue weighted by atomic mass is 10.2. The van der Waals surface area contributed by atoms with Crippen molar-refractivity contribution in [2.75, 3.05) is 32.9 Å². The smallest absolute Gasteiger partial charge is 0.285 e. The Morgan fingerprint density at radius 1 is 1.36 bits per heavy atom. The van der Waals surface area contributed by atoms with Crippen LogP contribution in [-0.2, 0) is 4.74 Å². The lowest BCUT2D eigenvalue weighted by Crippen LogP contribution is -2.48. The number of hydrazine groups is 1. The molecule has 0 spiro atoms. The number of carbonyl (C=O) groups excluding carboxylic acids is 1. The summed E-state index contributed by atoms with van der Waals surface area (Å²) < 4.78 is 11.2. The first kappa shape index (κ1) is 17.8. The number of rotatable bonds is 6. The van der Waals surface area contributed by atoms with E-state index in [0.717, 1.165) is 16.3 Å². The number of benzene rings is 1. The SMILES string of the molecule is CC(C)COc1ccccc1-c1nc(C(=O)NN2CCOCC2)cs1. The summed E-state index contributed by atoms with van der Waals surface area (Å²) in [6, 6.07) is 7.80. The van der Waals surface area contributed by atoms with Gasteiger partial charge in [0, 0.05) is 18.5 Å². The van der Waals surface area contributed by atoms with Crippen LogP contribution in [0.3, 0.4) is 0 Å². The third-order valence-electron chi connectivity index (χ3n) is 3.70. The highest BCUT2D eigenvalue weighted by molar-refractivity contribution is 7.13. The summed E-state index contributed by atoms with van der Waals surface area (Å²) in [5.74, 6) is 1.05. The van der Waals surface area contributed by atoms with Gasteiger partial charge in [-0.15, -0.1) is 11.3 Å². The maximum atomic E-state index is 12.4. The molecular weight excluding hydrogens is 338 g/mol. The van der Waals surface area contributed by atoms with Crippen molar-refractivity contribution >= 4 is 17.2 Å². The van der Waals surface area contributed by atoms with E-state index in [1.807, 2.05) is 29.3 Å². The molecule has 25 heavy (non-hydrogen) atoms. The predicted octanol–water partition coefficient (Wildman–Crippen LogP) is 2.82. The number of nitrogens with zero attached hydrogens (tertiary/aromatic N) is 2. The molecule has 1 saturated heterocycles. The second-order valence-corrected chi connectivity index (χ2v) is 7.14. The van der Waals surface area contributed by atoms with Crippen LogP contribution in [-0.4, -0.2) is 48.8 Å². The van der Waals surface area contributed by atoms with Gasteiger partial charge in [0.1, 0.15) is 16.5 Å². The molecule has 1 amide bonds. The summed E-state index contributed by atoms with van der Waals surface area (Å²) in [6.07, 6.45) is 0. The summed E-state index contributed by atoms with van der Waals surface area (Å²) in [6.45, 7) is 7.50. The van der Waals surface area contributed by atoms with E-state index < -0.39 is 0 Å². The number of para-hydroxylation sites is 1. The maximum absolute atomic E-state index is 12.4. The zero-order valence-corrected chi connectivity index (χ0v) is 15.3. The molecule has 6 nitrogen and oxygen atoms in total. The van der Waals surface area contributed by atoms with Crippen molar-refractivity contribution in [2.24, 2.45) is 5.92 Å². The van der Waals surface area contributed by atoms with E-state index >= 15 is 0 Å². The van der Waals surface area contributed by atoms with E-state index in [1.54, 1.807) is 5.38 Å². The van der Waals surface area contributed by atoms with Crippen molar-refractivity contribution < 1.29 is 14.3 Å². The van der Waals surface area contributed by atoms with E-state index in [9.17, 15) is 4.79 Å². The molecule has 1 aliphatic rings. The van der Waals surface area contributed by atoms with Gasteiger partial charge in [0.2, 0.25) is 0 Å². The van der Waals surface area contributed by atoms with Gasteiger partial charge in [0.05, 0.1) is 25.4 Å². The average molecular weight is 361 g/mol. The van der Waals surface area contributed by atoms with Crippen LogP contribution >= 0.6 is 11.3 Å². The summed E-state index contributed by atoms with van der Waals surface area (Å²) in [7, 11) is 0. The Morgan fingerprint density at radius 2 is 2.12 bits per heavy atom. The molecule has 7 heteroatoms. The van der Waals surface area contributed by atoms with Crippen LogP contribution in [0.5, 0.6) is 5.75 Å². The normalized spacial score (nSPS) is 15.3. The van der Waals surface area contributed by atoms with Gasteiger partial charge in [-0.1, -0.05) is 26.0 Å². The first-order valence-corrected chi connectivity index (χ1v) is 9.33. The van der Waals surface area contributed by atoms with Gasteiger partial charge >= 0.3 is 0 Å². The van der Waals surface area contributed by atoms with Crippen molar-refractivity contribution in [3.05, 3.63) is 35.3 Å². The van der Waals surface area contributed by atoms with E-state index in [0.29, 0.717) is 44.5 Å². The summed E-state index contributed by atoms with van der Waals surface area (Å²) in [4.78, 5) is 16.9. The molecule has 1 aromatic heterocycles. The van der Waals surface area contributed by atoms with Crippen LogP contribution in [0.25, 0.3) is 10.6 Å². The highest BCUT2D eigenvalue weighted by atomic mass is 32.1. The molecule has 1 fully saturated rings. The molecular formula is C18H23N3O3S. The fraction of sp³-hybridized carbons (Fsp3) is 0.444. The number of thiazole rings is 1. The number of ether oxygens (including phenoxy) is 2. The van der Waals surface area contributed by atoms with Crippen molar-refractivity contribution in [3.63, 3.8) is 0 Å². The number of carbonyl (C=O) groups is 1. The summed E-state index contributed by atoms with van der Waals surface area (Å²) in [5.41, 5.74) is 4.22. The monoisotopic (exact) mass is 361 g/mol. The lowest BCUT2D eigenvalue weighted by Gasteiger charge is -2.26. The second kappa shape index (κ2) is 8.42. The van der Waals surface area contributed by atoms with Crippen LogP contribution in [0, 0.1) is 5.92 Å². The van der Waals surface area contributed by atoms with E-state index in [-0.39, 0.29) is 5.91 Å². The van der Waals surface area contributed by atoms with Crippen molar-refractivity contribution in [3.8, 4) is 16.3 Å². The van der Waals surface area contributed by atoms with E-state index in [4.69, 9.17) is 9.47 Å². The Labute approximate surface area is 151 Å². The molecule has 0 bridgehead atoms. The van der Waals surface area contributed by atoms with E-state index in [2.05, 4.69) is 24.3 Å². The topological polar surface area (TPSA) is 63.7 Å². The summed E-state index contributed by atoms with van der Waals surface area (Å²) >= 11 is 1.45. The molecule has 2 heterocycles. The molecule has 0 atom stereocenters. The number of aromatic nitrogens is 1. The number of hydrogen-bond donors (Lipinski definition) is 1. The number of amides is 1. The minimum absolute atomic E-state index is 0.190. The molecule has 1 aliphatic heterocycles. The molecule has 0 radical (unpaired) electrons. The Kier molecular flexibility index (Phi) is 6.01. The van der Waals surface area contributed by atoms with Gasteiger partial charge < -0.3 is 9.47 Å². The molecule has 0 aliphatic carbocycles. The average Bonchev–Trinajstić information content (AvgIpc) is 3.11. The maximum Gasteiger partial charge on any atom is 0.285 e. The Morgan fingerprint density at radius 3 is 2.88 bits per heavy atom. The van der Waals surface area contributed by atoms with Gasteiger partial charge in [-0.05, 0) is 18.1 Å². The van der Waals surface area contributed by atoms with Crippen LogP contribution < -0.4 is 10.2 Å². The zero-order chi connectivity index (χ0) is 17.6. The summed E-state index contributed by atoms with van der Waals surface area (Å²) in [5, 5.41) is 4.43. The number of morpholine rings is 1. The van der Waals surface area contributed by atoms with Crippen LogP contribution in [0.1, 0.15) is 24.3 Å². The van der Waals surface area contributed by atoms with Crippen molar-refractivity contribution in [1.29, 1.82) is 0 Å². The van der Waals surface area contributed by atoms with Crippen molar-refractivity contribution in [2.45, 2.75) is 13.8 Å². The molecule has 3 rings (SSSR count). The Balaban J connectivity index is 1.71. The molecule has 0 saturated carbocycles. The molecule has 0 unspecified atom stereocenters. The quantitative estimate of drug-likeness (QED) is 0.857. The van der Waals surface area contributed by atoms with Gasteiger partial charge in [-0.2, -0.15) is 0 Å². The highest BCUT2D eigenvalue weighted by Gasteiger charge is 2.18. The Bertz CT molecular complexity index is 711. The van der Waals surface area contributed by atoms with Crippen LogP contribution in [0.2, 0.25) is 0 Å². The minimum Gasteiger partial charge on any atom is -0.493 e. The second-order valence-electron chi connectivity index (χ2n) is 6.28. The third kappa shape index (κ3) is 4.78. The number of nitrogens with one attached hydrogen (secondary N) is 1. The van der Waals surface area contributed by atoms with Crippen LogP contribution in [0.15, 0.2) is 29.6 Å². The standard InChI is InChI=1S/C18H23N3O3S/c1-13(2)11-24-16-6-4-3-5-14(16)18-19-15(12-25-18)17(22)20-21-7-9-23-10-8-21/h3-6,12-13H,7-11H2,1-2H3,(H,20,22). The molecule has 2 aromatic rings. The highest BCUT2D eigenvalue weighted by Crippen LogP contribution is 2.32.